The van der Waals surface area contributed by atoms with Crippen LogP contribution in [0, 0.1) is 11.6 Å². The van der Waals surface area contributed by atoms with Gasteiger partial charge in [-0.1, -0.05) is 0 Å². The van der Waals surface area contributed by atoms with Gasteiger partial charge in [0, 0.05) is 12.8 Å². The van der Waals surface area contributed by atoms with Crippen LogP contribution >= 0.6 is 0 Å². The summed E-state index contributed by atoms with van der Waals surface area (Å²) in [5.74, 6) is -3.97. The fourth-order valence-electron chi connectivity index (χ4n) is 3.53. The third-order valence-electron chi connectivity index (χ3n) is 4.68. The Hall–Kier alpha value is -1.86. The Labute approximate surface area is 144 Å². The van der Waals surface area contributed by atoms with Crippen LogP contribution in [0.15, 0.2) is 12.1 Å². The summed E-state index contributed by atoms with van der Waals surface area (Å²) < 4.78 is 44.7. The molecular weight excluding hydrogens is 334 g/mol. The first kappa shape index (κ1) is 17.9. The summed E-state index contributed by atoms with van der Waals surface area (Å²) >= 11 is 0. The monoisotopic (exact) mass is 354 g/mol. The molecule has 2 fully saturated rings. The Morgan fingerprint density at radius 1 is 1.24 bits per heavy atom. The van der Waals surface area contributed by atoms with Crippen LogP contribution in [-0.4, -0.2) is 37.4 Å². The van der Waals surface area contributed by atoms with Gasteiger partial charge in [-0.05, 0) is 37.0 Å². The molecule has 2 aliphatic rings. The standard InChI is InChI=1S/C18H20F2O5/c1-2-23-17(22)9-16(21)13-8-14(19)12(7-15(13)20)11-3-4-18(10-11)24-5-6-25-18/h7-8,11H,2-6,9-10H2,1H3. The van der Waals surface area contributed by atoms with Crippen LogP contribution in [-0.2, 0) is 19.0 Å². The topological polar surface area (TPSA) is 61.8 Å². The molecule has 1 aromatic rings. The van der Waals surface area contributed by atoms with Crippen molar-refractivity contribution in [3.05, 3.63) is 34.9 Å². The molecule has 0 amide bonds. The Bertz CT molecular complexity index is 682. The van der Waals surface area contributed by atoms with Crippen molar-refractivity contribution in [3.8, 4) is 0 Å². The van der Waals surface area contributed by atoms with Gasteiger partial charge in [0.05, 0.1) is 25.4 Å². The highest BCUT2D eigenvalue weighted by molar-refractivity contribution is 6.06. The molecule has 3 rings (SSSR count). The van der Waals surface area contributed by atoms with E-state index in [1.54, 1.807) is 6.92 Å². The molecule has 1 aromatic carbocycles. The van der Waals surface area contributed by atoms with Gasteiger partial charge in [0.25, 0.3) is 0 Å². The number of ether oxygens (including phenoxy) is 3. The van der Waals surface area contributed by atoms with Gasteiger partial charge in [0.1, 0.15) is 18.1 Å². The van der Waals surface area contributed by atoms with Crippen LogP contribution in [0.25, 0.3) is 0 Å². The van der Waals surface area contributed by atoms with E-state index < -0.39 is 41.2 Å². The highest BCUT2D eigenvalue weighted by Crippen LogP contribution is 2.46. The zero-order chi connectivity index (χ0) is 18.0. The predicted molar refractivity (Wildman–Crippen MR) is 83.2 cm³/mol. The van der Waals surface area contributed by atoms with E-state index in [0.717, 1.165) is 12.1 Å². The van der Waals surface area contributed by atoms with E-state index in [0.29, 0.717) is 32.5 Å². The number of halogens is 2. The van der Waals surface area contributed by atoms with E-state index in [4.69, 9.17) is 9.47 Å². The molecule has 0 aromatic heterocycles. The number of carbonyl (C=O) groups is 2. The average Bonchev–Trinajstić information content (AvgIpc) is 3.19. The van der Waals surface area contributed by atoms with Crippen molar-refractivity contribution < 1.29 is 32.6 Å². The van der Waals surface area contributed by atoms with Crippen molar-refractivity contribution in [2.75, 3.05) is 19.8 Å². The second-order valence-electron chi connectivity index (χ2n) is 6.31. The second kappa shape index (κ2) is 7.17. The van der Waals surface area contributed by atoms with Crippen LogP contribution in [0.2, 0.25) is 0 Å². The van der Waals surface area contributed by atoms with Crippen LogP contribution in [0.1, 0.15) is 54.4 Å². The molecule has 5 nitrogen and oxygen atoms in total. The lowest BCUT2D eigenvalue weighted by atomic mass is 9.94. The Morgan fingerprint density at radius 2 is 1.96 bits per heavy atom. The molecule has 1 atom stereocenters. The largest absolute Gasteiger partial charge is 0.466 e. The van der Waals surface area contributed by atoms with Crippen LogP contribution < -0.4 is 0 Å². The molecule has 1 heterocycles. The summed E-state index contributed by atoms with van der Waals surface area (Å²) in [6.45, 7) is 2.73. The van der Waals surface area contributed by atoms with Crippen molar-refractivity contribution in [3.63, 3.8) is 0 Å². The van der Waals surface area contributed by atoms with Gasteiger partial charge in [-0.2, -0.15) is 0 Å². The van der Waals surface area contributed by atoms with Gasteiger partial charge < -0.3 is 14.2 Å². The third kappa shape index (κ3) is 3.72. The molecule has 1 aliphatic carbocycles. The SMILES string of the molecule is CCOC(=O)CC(=O)c1cc(F)c(C2CCC3(C2)OCCO3)cc1F. The molecule has 1 aliphatic heterocycles. The molecule has 1 saturated heterocycles. The summed E-state index contributed by atoms with van der Waals surface area (Å²) in [5, 5.41) is 0. The normalized spacial score (nSPS) is 21.6. The minimum Gasteiger partial charge on any atom is -0.466 e. The molecule has 0 N–H and O–H groups in total. The molecule has 1 unspecified atom stereocenters. The number of hydrogen-bond donors (Lipinski definition) is 0. The van der Waals surface area contributed by atoms with E-state index >= 15 is 0 Å². The van der Waals surface area contributed by atoms with Gasteiger partial charge in [0.2, 0.25) is 0 Å². The van der Waals surface area contributed by atoms with Crippen LogP contribution in [0.5, 0.6) is 0 Å². The lowest BCUT2D eigenvalue weighted by molar-refractivity contribution is -0.151. The highest BCUT2D eigenvalue weighted by Gasteiger charge is 2.45. The third-order valence-corrected chi connectivity index (χ3v) is 4.68. The van der Waals surface area contributed by atoms with Gasteiger partial charge in [0.15, 0.2) is 11.6 Å². The Morgan fingerprint density at radius 3 is 2.64 bits per heavy atom. The Balaban J connectivity index is 1.76. The highest BCUT2D eigenvalue weighted by atomic mass is 19.1. The second-order valence-corrected chi connectivity index (χ2v) is 6.31. The number of ketones is 1. The molecule has 0 bridgehead atoms. The number of hydrogen-bond acceptors (Lipinski definition) is 5. The van der Waals surface area contributed by atoms with Crippen LogP contribution in [0.3, 0.4) is 0 Å². The van der Waals surface area contributed by atoms with Crippen molar-refractivity contribution in [1.82, 2.24) is 0 Å². The molecule has 7 heteroatoms. The minimum atomic E-state index is -0.833. The molecular formula is C18H20F2O5. The molecule has 1 saturated carbocycles. The maximum Gasteiger partial charge on any atom is 0.313 e. The van der Waals surface area contributed by atoms with Crippen molar-refractivity contribution in [2.45, 2.75) is 44.3 Å². The van der Waals surface area contributed by atoms with Gasteiger partial charge in [-0.15, -0.1) is 0 Å². The maximum absolute atomic E-state index is 14.5. The van der Waals surface area contributed by atoms with E-state index in [1.165, 1.54) is 0 Å². The molecule has 136 valence electrons. The first-order chi connectivity index (χ1) is 11.9. The summed E-state index contributed by atoms with van der Waals surface area (Å²) in [6, 6.07) is 1.92. The van der Waals surface area contributed by atoms with Gasteiger partial charge in [-0.3, -0.25) is 9.59 Å². The maximum atomic E-state index is 14.5. The zero-order valence-corrected chi connectivity index (χ0v) is 14.0. The fraction of sp³-hybridized carbons (Fsp3) is 0.556. The van der Waals surface area contributed by atoms with Crippen molar-refractivity contribution in [2.24, 2.45) is 0 Å². The van der Waals surface area contributed by atoms with E-state index in [-0.39, 0.29) is 18.1 Å². The number of esters is 1. The lowest BCUT2D eigenvalue weighted by Gasteiger charge is -2.21. The van der Waals surface area contributed by atoms with Gasteiger partial charge in [-0.25, -0.2) is 8.78 Å². The van der Waals surface area contributed by atoms with Crippen LogP contribution in [0.4, 0.5) is 8.78 Å². The predicted octanol–water partition coefficient (Wildman–Crippen LogP) is 3.11. The lowest BCUT2D eigenvalue weighted by Crippen LogP contribution is -2.25. The number of Topliss-reactive ketones (excluding diaryl/α,β-unsaturated/α-hetero) is 1. The average molecular weight is 354 g/mol. The van der Waals surface area contributed by atoms with E-state index in [2.05, 4.69) is 4.74 Å². The molecule has 1 spiro atoms. The zero-order valence-electron chi connectivity index (χ0n) is 14.0. The summed E-state index contributed by atoms with van der Waals surface area (Å²) in [4.78, 5) is 23.3. The first-order valence-electron chi connectivity index (χ1n) is 8.40. The number of benzene rings is 1. The minimum absolute atomic E-state index is 0.121. The quantitative estimate of drug-likeness (QED) is 0.462. The molecule has 0 radical (unpaired) electrons. The number of rotatable bonds is 5. The number of carbonyl (C=O) groups excluding carboxylic acids is 2. The van der Waals surface area contributed by atoms with Gasteiger partial charge >= 0.3 is 5.97 Å². The molecule has 25 heavy (non-hydrogen) atoms. The summed E-state index contributed by atoms with van der Waals surface area (Å²) in [6.07, 6.45) is 1.09. The first-order valence-corrected chi connectivity index (χ1v) is 8.40. The van der Waals surface area contributed by atoms with E-state index in [1.807, 2.05) is 0 Å². The fourth-order valence-corrected chi connectivity index (χ4v) is 3.53. The Kier molecular flexibility index (Phi) is 5.15. The summed E-state index contributed by atoms with van der Waals surface area (Å²) in [5.41, 5.74) is -0.225. The smallest absolute Gasteiger partial charge is 0.313 e. The summed E-state index contributed by atoms with van der Waals surface area (Å²) in [7, 11) is 0. The van der Waals surface area contributed by atoms with E-state index in [9.17, 15) is 18.4 Å². The van der Waals surface area contributed by atoms with Crippen molar-refractivity contribution in [1.29, 1.82) is 0 Å². The van der Waals surface area contributed by atoms with Crippen molar-refractivity contribution >= 4 is 11.8 Å².